The van der Waals surface area contributed by atoms with Crippen LogP contribution < -0.4 is 11.5 Å². The maximum atomic E-state index is 11.8. The van der Waals surface area contributed by atoms with Crippen molar-refractivity contribution in [2.24, 2.45) is 11.5 Å². The van der Waals surface area contributed by atoms with Crippen LogP contribution in [0, 0.1) is 0 Å². The number of hydrogen-bond donors (Lipinski definition) is 4. The molecular weight excluding hydrogens is 410 g/mol. The summed E-state index contributed by atoms with van der Waals surface area (Å²) in [7, 11) is 0. The highest BCUT2D eigenvalue weighted by molar-refractivity contribution is 6.00. The molecule has 0 radical (unpaired) electrons. The summed E-state index contributed by atoms with van der Waals surface area (Å²) < 4.78 is 0. The van der Waals surface area contributed by atoms with Crippen LogP contribution in [0.1, 0.15) is 20.7 Å². The van der Waals surface area contributed by atoms with E-state index >= 15 is 0 Å². The lowest BCUT2D eigenvalue weighted by Gasteiger charge is -2.11. The third-order valence-electron chi connectivity index (χ3n) is 4.69. The normalized spacial score (nSPS) is 10.6. The second-order valence-corrected chi connectivity index (χ2v) is 6.87. The first-order chi connectivity index (χ1) is 15.3. The molecule has 9 nitrogen and oxygen atoms in total. The van der Waals surface area contributed by atoms with Crippen molar-refractivity contribution in [3.8, 4) is 45.7 Å². The van der Waals surface area contributed by atoms with Gasteiger partial charge in [0.1, 0.15) is 11.5 Å². The average Bonchev–Trinajstić information content (AvgIpc) is 2.79. The van der Waals surface area contributed by atoms with E-state index in [1.54, 1.807) is 36.4 Å². The minimum atomic E-state index is -0.759. The number of aromatic nitrogens is 3. The molecule has 1 aromatic heterocycles. The monoisotopic (exact) mass is 427 g/mol. The van der Waals surface area contributed by atoms with Crippen LogP contribution in [-0.2, 0) is 0 Å². The second kappa shape index (κ2) is 8.15. The minimum absolute atomic E-state index is 0.0462. The molecule has 0 fully saturated rings. The summed E-state index contributed by atoms with van der Waals surface area (Å²) in [6.07, 6.45) is 0. The van der Waals surface area contributed by atoms with Gasteiger partial charge < -0.3 is 21.7 Å². The maximum Gasteiger partial charge on any atom is 0.248 e. The summed E-state index contributed by atoms with van der Waals surface area (Å²) >= 11 is 0. The lowest BCUT2D eigenvalue weighted by Crippen LogP contribution is -2.16. The van der Waals surface area contributed by atoms with Gasteiger partial charge in [-0.15, -0.1) is 0 Å². The number of benzene rings is 3. The number of aromatic hydroxyl groups is 2. The van der Waals surface area contributed by atoms with Crippen molar-refractivity contribution in [3.05, 3.63) is 77.9 Å². The van der Waals surface area contributed by atoms with E-state index in [2.05, 4.69) is 15.0 Å². The number of hydrogen-bond acceptors (Lipinski definition) is 7. The van der Waals surface area contributed by atoms with Crippen molar-refractivity contribution in [2.45, 2.75) is 0 Å². The summed E-state index contributed by atoms with van der Waals surface area (Å²) in [5.41, 5.74) is 11.8. The fourth-order valence-corrected chi connectivity index (χ4v) is 3.11. The van der Waals surface area contributed by atoms with Gasteiger partial charge >= 0.3 is 0 Å². The number of primary amides is 2. The Balaban J connectivity index is 2.01. The van der Waals surface area contributed by atoms with Crippen molar-refractivity contribution in [3.63, 3.8) is 0 Å². The fraction of sp³-hybridized carbons (Fsp3) is 0. The van der Waals surface area contributed by atoms with Gasteiger partial charge in [-0.2, -0.15) is 0 Å². The Labute approximate surface area is 182 Å². The number of rotatable bonds is 5. The van der Waals surface area contributed by atoms with Crippen molar-refractivity contribution in [2.75, 3.05) is 0 Å². The van der Waals surface area contributed by atoms with E-state index in [1.165, 1.54) is 30.3 Å². The molecule has 0 aliphatic rings. The predicted molar refractivity (Wildman–Crippen MR) is 117 cm³/mol. The second-order valence-electron chi connectivity index (χ2n) is 6.87. The average molecular weight is 427 g/mol. The molecule has 0 aliphatic carbocycles. The van der Waals surface area contributed by atoms with Gasteiger partial charge in [0.25, 0.3) is 0 Å². The molecule has 4 aromatic rings. The summed E-state index contributed by atoms with van der Waals surface area (Å²) in [4.78, 5) is 36.8. The molecule has 3 aromatic carbocycles. The largest absolute Gasteiger partial charge is 0.507 e. The van der Waals surface area contributed by atoms with Gasteiger partial charge in [0.2, 0.25) is 11.8 Å². The molecule has 32 heavy (non-hydrogen) atoms. The highest BCUT2D eigenvalue weighted by Gasteiger charge is 2.18. The van der Waals surface area contributed by atoms with Crippen LogP contribution >= 0.6 is 0 Å². The first kappa shape index (κ1) is 20.5. The number of para-hydroxylation sites is 2. The van der Waals surface area contributed by atoms with E-state index in [-0.39, 0.29) is 45.7 Å². The zero-order chi connectivity index (χ0) is 22.8. The maximum absolute atomic E-state index is 11.8. The number of carbonyl (C=O) groups excluding carboxylic acids is 2. The smallest absolute Gasteiger partial charge is 0.248 e. The first-order valence-electron chi connectivity index (χ1n) is 9.41. The van der Waals surface area contributed by atoms with Crippen molar-refractivity contribution in [1.82, 2.24) is 15.0 Å². The molecule has 0 saturated carbocycles. The van der Waals surface area contributed by atoms with Crippen LogP contribution in [0.4, 0.5) is 0 Å². The van der Waals surface area contributed by atoms with Crippen molar-refractivity contribution < 1.29 is 19.8 Å². The van der Waals surface area contributed by atoms with Crippen LogP contribution in [0.3, 0.4) is 0 Å². The molecule has 4 rings (SSSR count). The van der Waals surface area contributed by atoms with E-state index in [0.717, 1.165) is 0 Å². The molecule has 158 valence electrons. The number of amides is 2. The molecule has 1 heterocycles. The lowest BCUT2D eigenvalue weighted by molar-refractivity contribution is 0.0999. The van der Waals surface area contributed by atoms with Gasteiger partial charge in [-0.25, -0.2) is 15.0 Å². The Morgan fingerprint density at radius 2 is 1.03 bits per heavy atom. The number of nitrogens with zero attached hydrogens (tertiary/aromatic N) is 3. The zero-order valence-electron chi connectivity index (χ0n) is 16.6. The number of nitrogens with two attached hydrogens (primary N) is 2. The van der Waals surface area contributed by atoms with Crippen molar-refractivity contribution >= 4 is 11.8 Å². The Morgan fingerprint density at radius 1 is 0.625 bits per heavy atom. The zero-order valence-corrected chi connectivity index (χ0v) is 16.6. The molecule has 0 aliphatic heterocycles. The van der Waals surface area contributed by atoms with Gasteiger partial charge in [0.05, 0.1) is 11.1 Å². The Bertz CT molecular complexity index is 1270. The number of carbonyl (C=O) groups is 2. The molecule has 9 heteroatoms. The topological polar surface area (TPSA) is 165 Å². The molecule has 0 spiro atoms. The molecule has 2 amide bonds. The van der Waals surface area contributed by atoms with E-state index in [4.69, 9.17) is 11.5 Å². The third kappa shape index (κ3) is 3.94. The van der Waals surface area contributed by atoms with E-state index in [0.29, 0.717) is 11.1 Å². The summed E-state index contributed by atoms with van der Waals surface area (Å²) in [6, 6.07) is 17.1. The SMILES string of the molecule is NC(=O)c1cc(C(N)=O)cc(-c2nc(-c3ccccc3O)nc(-c3ccccc3O)n2)c1. The van der Waals surface area contributed by atoms with Crippen LogP contribution in [0.15, 0.2) is 66.7 Å². The van der Waals surface area contributed by atoms with Crippen LogP contribution in [0.2, 0.25) is 0 Å². The standard InChI is InChI=1S/C23H17N5O4/c24-19(31)12-9-13(20(25)32)11-14(10-12)21-26-22(15-5-1-3-7-17(15)29)28-23(27-21)16-6-2-4-8-18(16)30/h1-11,29-30H,(H2,24,31)(H2,25,32). The Morgan fingerprint density at radius 3 is 1.44 bits per heavy atom. The fourth-order valence-electron chi connectivity index (χ4n) is 3.11. The van der Waals surface area contributed by atoms with E-state index in [1.807, 2.05) is 0 Å². The van der Waals surface area contributed by atoms with Gasteiger partial charge in [-0.3, -0.25) is 9.59 Å². The van der Waals surface area contributed by atoms with E-state index < -0.39 is 11.8 Å². The minimum Gasteiger partial charge on any atom is -0.507 e. The van der Waals surface area contributed by atoms with Crippen LogP contribution in [0.5, 0.6) is 11.5 Å². The quantitative estimate of drug-likeness (QED) is 0.380. The molecule has 0 bridgehead atoms. The molecule has 6 N–H and O–H groups in total. The summed E-state index contributed by atoms with van der Waals surface area (Å²) in [6.45, 7) is 0. The van der Waals surface area contributed by atoms with Crippen molar-refractivity contribution in [1.29, 1.82) is 0 Å². The van der Waals surface area contributed by atoms with Gasteiger partial charge in [0, 0.05) is 16.7 Å². The predicted octanol–water partition coefficient (Wildman–Crippen LogP) is 2.48. The highest BCUT2D eigenvalue weighted by atomic mass is 16.3. The number of phenols is 2. The molecule has 0 saturated heterocycles. The molecule has 0 unspecified atom stereocenters. The summed E-state index contributed by atoms with van der Waals surface area (Å²) in [5.74, 6) is -1.31. The summed E-state index contributed by atoms with van der Waals surface area (Å²) in [5, 5.41) is 20.6. The van der Waals surface area contributed by atoms with Crippen LogP contribution in [0.25, 0.3) is 34.2 Å². The van der Waals surface area contributed by atoms with Gasteiger partial charge in [-0.1, -0.05) is 24.3 Å². The first-order valence-corrected chi connectivity index (χ1v) is 9.41. The Kier molecular flexibility index (Phi) is 5.22. The number of phenolic OH excluding ortho intramolecular Hbond substituents is 2. The molecule has 0 atom stereocenters. The van der Waals surface area contributed by atoms with Gasteiger partial charge in [0.15, 0.2) is 17.5 Å². The lowest BCUT2D eigenvalue weighted by atomic mass is 10.0. The van der Waals surface area contributed by atoms with E-state index in [9.17, 15) is 19.8 Å². The Hall–Kier alpha value is -4.79. The van der Waals surface area contributed by atoms with Gasteiger partial charge in [-0.05, 0) is 42.5 Å². The highest BCUT2D eigenvalue weighted by Crippen LogP contribution is 2.32. The third-order valence-corrected chi connectivity index (χ3v) is 4.69. The van der Waals surface area contributed by atoms with Crippen LogP contribution in [-0.4, -0.2) is 37.0 Å². The molecular formula is C23H17N5O4.